The molecule has 1 N–H and O–H groups in total. The molecule has 6 nitrogen and oxygen atoms in total. The van der Waals surface area contributed by atoms with Crippen molar-refractivity contribution in [1.29, 1.82) is 0 Å². The molecule has 88 valence electrons. The van der Waals surface area contributed by atoms with E-state index in [4.69, 9.17) is 4.52 Å². The number of hydrogen-bond donors (Lipinski definition) is 1. The van der Waals surface area contributed by atoms with E-state index < -0.39 is 0 Å². The molecule has 0 bridgehead atoms. The molecule has 1 aliphatic heterocycles. The van der Waals surface area contributed by atoms with Gasteiger partial charge in [-0.25, -0.2) is 9.97 Å². The average Bonchev–Trinajstić information content (AvgIpc) is 3.02. The van der Waals surface area contributed by atoms with Crippen molar-refractivity contribution in [1.82, 2.24) is 25.4 Å². The second-order valence-electron chi connectivity index (χ2n) is 4.17. The molecule has 1 atom stereocenters. The molecule has 2 aromatic heterocycles. The predicted molar refractivity (Wildman–Crippen MR) is 60.0 cm³/mol. The first-order chi connectivity index (χ1) is 8.42. The fourth-order valence-corrected chi connectivity index (χ4v) is 2.00. The van der Waals surface area contributed by atoms with E-state index in [9.17, 15) is 0 Å². The van der Waals surface area contributed by atoms with Crippen molar-refractivity contribution in [3.63, 3.8) is 0 Å². The zero-order valence-corrected chi connectivity index (χ0v) is 9.33. The molecule has 0 radical (unpaired) electrons. The summed E-state index contributed by atoms with van der Waals surface area (Å²) in [6, 6.07) is 1.77. The van der Waals surface area contributed by atoms with Crippen LogP contribution in [0.1, 0.15) is 12.3 Å². The third-order valence-corrected chi connectivity index (χ3v) is 2.90. The summed E-state index contributed by atoms with van der Waals surface area (Å²) in [5.41, 5.74) is 0.694. The Morgan fingerprint density at radius 1 is 1.47 bits per heavy atom. The lowest BCUT2D eigenvalue weighted by molar-refractivity contribution is 0.358. The molecule has 3 heterocycles. The molecule has 0 aromatic carbocycles. The van der Waals surface area contributed by atoms with Crippen LogP contribution in [0.3, 0.4) is 0 Å². The largest absolute Gasteiger partial charge is 0.339 e. The first-order valence-corrected chi connectivity index (χ1v) is 5.71. The lowest BCUT2D eigenvalue weighted by Gasteiger charge is -2.01. The van der Waals surface area contributed by atoms with Gasteiger partial charge in [-0.3, -0.25) is 0 Å². The quantitative estimate of drug-likeness (QED) is 0.837. The Labute approximate surface area is 98.5 Å². The highest BCUT2D eigenvalue weighted by atomic mass is 16.5. The summed E-state index contributed by atoms with van der Waals surface area (Å²) in [4.78, 5) is 12.3. The zero-order chi connectivity index (χ0) is 11.5. The Morgan fingerprint density at radius 3 is 3.24 bits per heavy atom. The van der Waals surface area contributed by atoms with Gasteiger partial charge < -0.3 is 9.84 Å². The molecular formula is C11H13N5O. The monoisotopic (exact) mass is 231 g/mol. The Hall–Kier alpha value is -1.82. The third-order valence-electron chi connectivity index (χ3n) is 2.90. The first kappa shape index (κ1) is 10.3. The minimum absolute atomic E-state index is 0.536. The molecule has 0 amide bonds. The van der Waals surface area contributed by atoms with Gasteiger partial charge >= 0.3 is 0 Å². The number of nitrogens with zero attached hydrogens (tertiary/aromatic N) is 4. The van der Waals surface area contributed by atoms with Crippen LogP contribution in [0.15, 0.2) is 23.1 Å². The summed E-state index contributed by atoms with van der Waals surface area (Å²) in [6.07, 6.45) is 5.15. The fraction of sp³-hybridized carbons (Fsp3) is 0.455. The summed E-state index contributed by atoms with van der Waals surface area (Å²) < 4.78 is 5.23. The lowest BCUT2D eigenvalue weighted by Crippen LogP contribution is -2.10. The van der Waals surface area contributed by atoms with Crippen LogP contribution in [-0.4, -0.2) is 33.2 Å². The van der Waals surface area contributed by atoms with Gasteiger partial charge in [0.15, 0.2) is 0 Å². The summed E-state index contributed by atoms with van der Waals surface area (Å²) in [5.74, 6) is 1.83. The topological polar surface area (TPSA) is 76.7 Å². The van der Waals surface area contributed by atoms with E-state index in [1.807, 2.05) is 0 Å². The van der Waals surface area contributed by atoms with Gasteiger partial charge in [-0.2, -0.15) is 4.98 Å². The summed E-state index contributed by atoms with van der Waals surface area (Å²) in [7, 11) is 0. The van der Waals surface area contributed by atoms with Crippen molar-refractivity contribution in [3.05, 3.63) is 24.5 Å². The van der Waals surface area contributed by atoms with E-state index in [0.717, 1.165) is 19.5 Å². The third kappa shape index (κ3) is 2.31. The lowest BCUT2D eigenvalue weighted by atomic mass is 10.1. The van der Waals surface area contributed by atoms with Gasteiger partial charge in [0.2, 0.25) is 11.7 Å². The number of hydrogen-bond acceptors (Lipinski definition) is 6. The van der Waals surface area contributed by atoms with Crippen molar-refractivity contribution >= 4 is 0 Å². The van der Waals surface area contributed by atoms with Crippen LogP contribution < -0.4 is 5.32 Å². The molecule has 1 aliphatic rings. The smallest absolute Gasteiger partial charge is 0.227 e. The molecule has 0 spiro atoms. The molecule has 1 unspecified atom stereocenters. The molecule has 6 heteroatoms. The highest BCUT2D eigenvalue weighted by molar-refractivity contribution is 5.46. The van der Waals surface area contributed by atoms with Gasteiger partial charge in [-0.1, -0.05) is 5.16 Å². The first-order valence-electron chi connectivity index (χ1n) is 5.71. The predicted octanol–water partition coefficient (Wildman–Crippen LogP) is 0.679. The molecule has 1 saturated heterocycles. The Morgan fingerprint density at radius 2 is 2.47 bits per heavy atom. The summed E-state index contributed by atoms with van der Waals surface area (Å²) in [6.45, 7) is 2.11. The molecule has 17 heavy (non-hydrogen) atoms. The van der Waals surface area contributed by atoms with Crippen molar-refractivity contribution in [2.75, 3.05) is 13.1 Å². The molecule has 0 saturated carbocycles. The summed E-state index contributed by atoms with van der Waals surface area (Å²) >= 11 is 0. The number of rotatable bonds is 3. The van der Waals surface area contributed by atoms with E-state index in [-0.39, 0.29) is 0 Å². The van der Waals surface area contributed by atoms with Crippen molar-refractivity contribution in [2.24, 2.45) is 5.92 Å². The van der Waals surface area contributed by atoms with Crippen LogP contribution in [0.25, 0.3) is 11.5 Å². The van der Waals surface area contributed by atoms with Crippen LogP contribution in [0.4, 0.5) is 0 Å². The van der Waals surface area contributed by atoms with Gasteiger partial charge in [-0.15, -0.1) is 0 Å². The van der Waals surface area contributed by atoms with Crippen LogP contribution in [0.5, 0.6) is 0 Å². The second-order valence-corrected chi connectivity index (χ2v) is 4.17. The van der Waals surface area contributed by atoms with Crippen LogP contribution in [0.2, 0.25) is 0 Å². The zero-order valence-electron chi connectivity index (χ0n) is 9.33. The molecule has 1 fully saturated rings. The number of nitrogens with one attached hydrogen (secondary N) is 1. The Bertz CT molecular complexity index is 478. The fourth-order valence-electron chi connectivity index (χ4n) is 2.00. The van der Waals surface area contributed by atoms with Gasteiger partial charge in [0.05, 0.1) is 0 Å². The Kier molecular flexibility index (Phi) is 2.79. The standard InChI is InChI=1S/C11H13N5O/c1-3-12-6-8(1)5-10-15-11(16-17-10)9-2-4-13-7-14-9/h2,4,7-8,12H,1,3,5-6H2. The second kappa shape index (κ2) is 4.58. The van der Waals surface area contributed by atoms with Crippen molar-refractivity contribution in [3.8, 4) is 11.5 Å². The summed E-state index contributed by atoms with van der Waals surface area (Å²) in [5, 5.41) is 7.25. The van der Waals surface area contributed by atoms with E-state index >= 15 is 0 Å². The maximum Gasteiger partial charge on any atom is 0.227 e. The van der Waals surface area contributed by atoms with E-state index in [2.05, 4.69) is 25.4 Å². The molecular weight excluding hydrogens is 218 g/mol. The Balaban J connectivity index is 1.74. The van der Waals surface area contributed by atoms with E-state index in [1.54, 1.807) is 12.3 Å². The van der Waals surface area contributed by atoms with Gasteiger partial charge in [0.1, 0.15) is 12.0 Å². The normalized spacial score (nSPS) is 19.6. The van der Waals surface area contributed by atoms with Crippen LogP contribution >= 0.6 is 0 Å². The van der Waals surface area contributed by atoms with E-state index in [1.165, 1.54) is 12.7 Å². The van der Waals surface area contributed by atoms with Crippen molar-refractivity contribution in [2.45, 2.75) is 12.8 Å². The maximum atomic E-state index is 5.23. The van der Waals surface area contributed by atoms with Crippen LogP contribution in [0, 0.1) is 5.92 Å². The van der Waals surface area contributed by atoms with Gasteiger partial charge in [0.25, 0.3) is 0 Å². The number of aromatic nitrogens is 4. The SMILES string of the molecule is c1cc(-c2noc(CC3CCNC3)n2)ncn1. The molecule has 3 rings (SSSR count). The minimum atomic E-state index is 0.536. The average molecular weight is 231 g/mol. The van der Waals surface area contributed by atoms with Crippen LogP contribution in [-0.2, 0) is 6.42 Å². The molecule has 2 aromatic rings. The minimum Gasteiger partial charge on any atom is -0.339 e. The van der Waals surface area contributed by atoms with Gasteiger partial charge in [0, 0.05) is 12.6 Å². The van der Waals surface area contributed by atoms with E-state index in [0.29, 0.717) is 23.3 Å². The van der Waals surface area contributed by atoms with Gasteiger partial charge in [-0.05, 0) is 31.5 Å². The highest BCUT2D eigenvalue weighted by Crippen LogP contribution is 2.16. The highest BCUT2D eigenvalue weighted by Gasteiger charge is 2.18. The molecule has 0 aliphatic carbocycles. The maximum absolute atomic E-state index is 5.23. The van der Waals surface area contributed by atoms with Crippen molar-refractivity contribution < 1.29 is 4.52 Å².